The lowest BCUT2D eigenvalue weighted by molar-refractivity contribution is 0.600. The van der Waals surface area contributed by atoms with E-state index in [2.05, 4.69) is 30.6 Å². The van der Waals surface area contributed by atoms with Gasteiger partial charge in [-0.15, -0.1) is 11.3 Å². The molecule has 112 valence electrons. The zero-order valence-electron chi connectivity index (χ0n) is 10.8. The van der Waals surface area contributed by atoms with Gasteiger partial charge in [0.15, 0.2) is 5.13 Å². The monoisotopic (exact) mass is 407 g/mol. The Morgan fingerprint density at radius 3 is 2.81 bits per heavy atom. The molecule has 0 unspecified atom stereocenters. The number of fused-ring (bicyclic) bond motifs is 1. The summed E-state index contributed by atoms with van der Waals surface area (Å²) in [6.07, 6.45) is 5.36. The molecule has 0 saturated carbocycles. The molecule has 21 heavy (non-hydrogen) atoms. The summed E-state index contributed by atoms with van der Waals surface area (Å²) in [6, 6.07) is 1.42. The van der Waals surface area contributed by atoms with Crippen molar-refractivity contribution in [3.8, 4) is 0 Å². The largest absolute Gasteiger partial charge is 0.265 e. The summed E-state index contributed by atoms with van der Waals surface area (Å²) >= 11 is 10.4. The van der Waals surface area contributed by atoms with E-state index in [-0.39, 0.29) is 10.0 Å². The smallest absolute Gasteiger partial charge is 0.255 e. The number of pyridine rings is 1. The Balaban J connectivity index is 1.88. The Hall–Kier alpha value is -0.700. The van der Waals surface area contributed by atoms with Crippen molar-refractivity contribution in [1.82, 2.24) is 9.97 Å². The van der Waals surface area contributed by atoms with E-state index in [1.54, 1.807) is 0 Å². The molecular weight excluding hydrogens is 398 g/mol. The van der Waals surface area contributed by atoms with Crippen LogP contribution in [0, 0.1) is 0 Å². The zero-order valence-corrected chi connectivity index (χ0v) is 14.7. The van der Waals surface area contributed by atoms with E-state index in [4.69, 9.17) is 11.6 Å². The first kappa shape index (κ1) is 15.2. The Labute approximate surface area is 140 Å². The molecule has 0 saturated heterocycles. The van der Waals surface area contributed by atoms with Gasteiger partial charge < -0.3 is 0 Å². The molecule has 9 heteroatoms. The fourth-order valence-corrected chi connectivity index (χ4v) is 4.98. The first-order chi connectivity index (χ1) is 9.95. The highest BCUT2D eigenvalue weighted by molar-refractivity contribution is 9.10. The fraction of sp³-hybridized carbons (Fsp3) is 0.333. The maximum atomic E-state index is 12.3. The molecule has 0 bridgehead atoms. The van der Waals surface area contributed by atoms with Crippen LogP contribution in [0.2, 0.25) is 5.15 Å². The molecule has 1 aliphatic carbocycles. The van der Waals surface area contributed by atoms with Crippen LogP contribution in [0.25, 0.3) is 0 Å². The molecule has 2 aromatic rings. The molecule has 0 atom stereocenters. The van der Waals surface area contributed by atoms with Crippen LogP contribution in [-0.2, 0) is 22.9 Å². The van der Waals surface area contributed by atoms with Crippen molar-refractivity contribution in [2.45, 2.75) is 30.6 Å². The van der Waals surface area contributed by atoms with Gasteiger partial charge in [0, 0.05) is 11.1 Å². The van der Waals surface area contributed by atoms with Crippen molar-refractivity contribution in [2.24, 2.45) is 0 Å². The SMILES string of the molecule is O=S(=O)(Nc1nc2c(s1)CCCC2)c1cnc(Cl)c(Br)c1. The standard InChI is InChI=1S/C12H11BrClN3O2S2/c13-8-5-7(6-15-11(8)14)21(18,19)17-12-16-9-3-1-2-4-10(9)20-12/h5-6H,1-4H2,(H,16,17). The van der Waals surface area contributed by atoms with Crippen molar-refractivity contribution in [3.05, 3.63) is 32.5 Å². The maximum Gasteiger partial charge on any atom is 0.265 e. The molecule has 0 radical (unpaired) electrons. The lowest BCUT2D eigenvalue weighted by Crippen LogP contribution is -2.13. The highest BCUT2D eigenvalue weighted by Crippen LogP contribution is 2.31. The third-order valence-electron chi connectivity index (χ3n) is 3.15. The average Bonchev–Trinajstić information content (AvgIpc) is 2.82. The van der Waals surface area contributed by atoms with E-state index in [0.29, 0.717) is 9.60 Å². The number of sulfonamides is 1. The summed E-state index contributed by atoms with van der Waals surface area (Å²) < 4.78 is 27.6. The second kappa shape index (κ2) is 5.83. The van der Waals surface area contributed by atoms with Gasteiger partial charge in [-0.25, -0.2) is 18.4 Å². The quantitative estimate of drug-likeness (QED) is 0.787. The van der Waals surface area contributed by atoms with E-state index in [9.17, 15) is 8.42 Å². The van der Waals surface area contributed by atoms with Gasteiger partial charge in [-0.3, -0.25) is 4.72 Å². The fourth-order valence-electron chi connectivity index (χ4n) is 2.12. The van der Waals surface area contributed by atoms with E-state index in [0.717, 1.165) is 31.4 Å². The zero-order chi connectivity index (χ0) is 15.0. The minimum Gasteiger partial charge on any atom is -0.255 e. The van der Waals surface area contributed by atoms with E-state index in [1.165, 1.54) is 28.5 Å². The molecule has 3 rings (SSSR count). The van der Waals surface area contributed by atoms with Crippen molar-refractivity contribution >= 4 is 54.0 Å². The molecular formula is C12H11BrClN3O2S2. The van der Waals surface area contributed by atoms with E-state index < -0.39 is 10.0 Å². The number of halogens is 2. The van der Waals surface area contributed by atoms with Crippen molar-refractivity contribution in [3.63, 3.8) is 0 Å². The van der Waals surface area contributed by atoms with Gasteiger partial charge in [0.25, 0.3) is 10.0 Å². The lowest BCUT2D eigenvalue weighted by atomic mass is 10.0. The van der Waals surface area contributed by atoms with Gasteiger partial charge in [0.1, 0.15) is 10.0 Å². The number of nitrogens with one attached hydrogen (secondary N) is 1. The Morgan fingerprint density at radius 1 is 1.33 bits per heavy atom. The summed E-state index contributed by atoms with van der Waals surface area (Å²) in [6.45, 7) is 0. The van der Waals surface area contributed by atoms with Crippen LogP contribution in [0.3, 0.4) is 0 Å². The highest BCUT2D eigenvalue weighted by Gasteiger charge is 2.21. The van der Waals surface area contributed by atoms with Crippen molar-refractivity contribution in [2.75, 3.05) is 4.72 Å². The Bertz CT molecular complexity index is 768. The minimum absolute atomic E-state index is 0.0481. The van der Waals surface area contributed by atoms with Crippen LogP contribution < -0.4 is 4.72 Å². The average molecular weight is 409 g/mol. The molecule has 0 spiro atoms. The lowest BCUT2D eigenvalue weighted by Gasteiger charge is -2.06. The molecule has 2 heterocycles. The number of aryl methyl sites for hydroxylation is 2. The minimum atomic E-state index is -3.71. The first-order valence-corrected chi connectivity index (χ1v) is 9.75. The summed E-state index contributed by atoms with van der Waals surface area (Å²) in [5.41, 5.74) is 1.01. The molecule has 0 fully saturated rings. The third kappa shape index (κ3) is 3.23. The van der Waals surface area contributed by atoms with Gasteiger partial charge >= 0.3 is 0 Å². The topological polar surface area (TPSA) is 72.0 Å². The van der Waals surface area contributed by atoms with E-state index in [1.807, 2.05) is 0 Å². The second-order valence-electron chi connectivity index (χ2n) is 4.65. The molecule has 0 aliphatic heterocycles. The van der Waals surface area contributed by atoms with Gasteiger partial charge in [0.2, 0.25) is 0 Å². The molecule has 0 aromatic carbocycles. The van der Waals surface area contributed by atoms with E-state index >= 15 is 0 Å². The van der Waals surface area contributed by atoms with Crippen molar-refractivity contribution in [1.29, 1.82) is 0 Å². The maximum absolute atomic E-state index is 12.3. The predicted octanol–water partition coefficient (Wildman–Crippen LogP) is 3.63. The number of hydrogen-bond acceptors (Lipinski definition) is 5. The molecule has 0 amide bonds. The van der Waals surface area contributed by atoms with Gasteiger partial charge in [-0.2, -0.15) is 0 Å². The summed E-state index contributed by atoms with van der Waals surface area (Å²) in [7, 11) is -3.71. The van der Waals surface area contributed by atoms with Gasteiger partial charge in [-0.05, 0) is 47.7 Å². The summed E-state index contributed by atoms with van der Waals surface area (Å²) in [4.78, 5) is 9.43. The number of nitrogens with zero attached hydrogens (tertiary/aromatic N) is 2. The number of rotatable bonds is 3. The van der Waals surface area contributed by atoms with Gasteiger partial charge in [0.05, 0.1) is 10.2 Å². The normalized spacial score (nSPS) is 14.8. The van der Waals surface area contributed by atoms with Gasteiger partial charge in [-0.1, -0.05) is 11.6 Å². The van der Waals surface area contributed by atoms with Crippen LogP contribution in [0.1, 0.15) is 23.4 Å². The molecule has 5 nitrogen and oxygen atoms in total. The number of aromatic nitrogens is 2. The van der Waals surface area contributed by atoms with Crippen LogP contribution in [-0.4, -0.2) is 18.4 Å². The Morgan fingerprint density at radius 2 is 2.10 bits per heavy atom. The van der Waals surface area contributed by atoms with Crippen LogP contribution in [0.4, 0.5) is 5.13 Å². The first-order valence-electron chi connectivity index (χ1n) is 6.28. The Kier molecular flexibility index (Phi) is 4.22. The van der Waals surface area contributed by atoms with Crippen LogP contribution in [0.5, 0.6) is 0 Å². The number of anilines is 1. The summed E-state index contributed by atoms with van der Waals surface area (Å²) in [5.74, 6) is 0. The second-order valence-corrected chi connectivity index (χ2v) is 8.62. The number of hydrogen-bond donors (Lipinski definition) is 1. The highest BCUT2D eigenvalue weighted by atomic mass is 79.9. The molecule has 1 aliphatic rings. The van der Waals surface area contributed by atoms with Crippen LogP contribution >= 0.6 is 38.9 Å². The third-order valence-corrected chi connectivity index (χ3v) is 6.79. The summed E-state index contributed by atoms with van der Waals surface area (Å²) in [5, 5.41) is 0.631. The molecule has 2 aromatic heterocycles. The number of thiazole rings is 1. The van der Waals surface area contributed by atoms with Crippen molar-refractivity contribution < 1.29 is 8.42 Å². The van der Waals surface area contributed by atoms with Crippen LogP contribution in [0.15, 0.2) is 21.6 Å². The predicted molar refractivity (Wildman–Crippen MR) is 86.5 cm³/mol. The molecule has 1 N–H and O–H groups in total.